The monoisotopic (exact) mass is 400 g/mol. The summed E-state index contributed by atoms with van der Waals surface area (Å²) in [6.07, 6.45) is -0.670. The van der Waals surface area contributed by atoms with Crippen molar-refractivity contribution in [3.63, 3.8) is 0 Å². The summed E-state index contributed by atoms with van der Waals surface area (Å²) in [6.45, 7) is 6.52. The van der Waals surface area contributed by atoms with Crippen LogP contribution >= 0.6 is 0 Å². The number of carboxylic acids is 1. The minimum Gasteiger partial charge on any atom is -0.475 e. The average Bonchev–Trinajstić information content (AvgIpc) is 3.07. The van der Waals surface area contributed by atoms with Gasteiger partial charge in [-0.1, -0.05) is 12.1 Å². The van der Waals surface area contributed by atoms with Crippen molar-refractivity contribution >= 4 is 22.8 Å². The molecule has 1 unspecified atom stereocenters. The summed E-state index contributed by atoms with van der Waals surface area (Å²) < 4.78 is 33.7. The van der Waals surface area contributed by atoms with E-state index < -0.39 is 18.1 Å². The van der Waals surface area contributed by atoms with Gasteiger partial charge in [0, 0.05) is 18.1 Å². The summed E-state index contributed by atoms with van der Waals surface area (Å²) in [5.74, 6) is -2.66. The molecule has 0 bridgehead atoms. The van der Waals surface area contributed by atoms with Crippen molar-refractivity contribution in [1.82, 2.24) is 15.1 Å². The van der Waals surface area contributed by atoms with Crippen LogP contribution < -0.4 is 11.1 Å². The van der Waals surface area contributed by atoms with Crippen LogP contribution in [0.2, 0.25) is 0 Å². The van der Waals surface area contributed by atoms with Crippen molar-refractivity contribution in [2.24, 2.45) is 11.7 Å². The molecule has 1 aliphatic rings. The highest BCUT2D eigenvalue weighted by Crippen LogP contribution is 2.31. The summed E-state index contributed by atoms with van der Waals surface area (Å²) in [6, 6.07) is 5.56. The Morgan fingerprint density at radius 1 is 1.32 bits per heavy atom. The number of carbonyl (C=O) groups is 2. The number of nitrogens with zero attached hydrogens (tertiary/aromatic N) is 2. The Bertz CT molecular complexity index is 855. The minimum absolute atomic E-state index is 0.0959. The van der Waals surface area contributed by atoms with E-state index in [1.807, 2.05) is 23.0 Å². The third-order valence-electron chi connectivity index (χ3n) is 4.93. The van der Waals surface area contributed by atoms with Gasteiger partial charge in [-0.25, -0.2) is 4.79 Å². The normalized spacial score (nSPS) is 17.7. The Balaban J connectivity index is 0.000000345. The zero-order valence-corrected chi connectivity index (χ0v) is 15.6. The Hall–Kier alpha value is -2.62. The highest BCUT2D eigenvalue weighted by molar-refractivity contribution is 6.04. The van der Waals surface area contributed by atoms with E-state index in [4.69, 9.17) is 15.6 Å². The number of primary amides is 1. The number of hydrogen-bond acceptors (Lipinski definition) is 4. The van der Waals surface area contributed by atoms with E-state index in [1.165, 1.54) is 12.8 Å². The van der Waals surface area contributed by atoms with Gasteiger partial charge in [-0.3, -0.25) is 9.48 Å². The fraction of sp³-hybridized carbons (Fsp3) is 0.500. The van der Waals surface area contributed by atoms with Crippen LogP contribution in [0, 0.1) is 5.92 Å². The summed E-state index contributed by atoms with van der Waals surface area (Å²) in [7, 11) is 0. The lowest BCUT2D eigenvalue weighted by Gasteiger charge is -2.37. The van der Waals surface area contributed by atoms with Gasteiger partial charge in [-0.2, -0.15) is 18.3 Å². The number of hydrogen-bond donors (Lipinski definition) is 3. The predicted molar refractivity (Wildman–Crippen MR) is 96.9 cm³/mol. The molecule has 4 N–H and O–H groups in total. The van der Waals surface area contributed by atoms with Crippen LogP contribution in [0.3, 0.4) is 0 Å². The second-order valence-corrected chi connectivity index (χ2v) is 7.18. The van der Waals surface area contributed by atoms with Gasteiger partial charge >= 0.3 is 12.1 Å². The summed E-state index contributed by atoms with van der Waals surface area (Å²) >= 11 is 0. The third kappa shape index (κ3) is 4.80. The molecule has 154 valence electrons. The maximum absolute atomic E-state index is 11.5. The molecule has 0 saturated carbocycles. The molecule has 2 aromatic rings. The summed E-state index contributed by atoms with van der Waals surface area (Å²) in [5.41, 5.74) is 6.53. The molecule has 1 saturated heterocycles. The smallest absolute Gasteiger partial charge is 0.475 e. The van der Waals surface area contributed by atoms with Gasteiger partial charge in [-0.15, -0.1) is 0 Å². The third-order valence-corrected chi connectivity index (χ3v) is 4.93. The van der Waals surface area contributed by atoms with Gasteiger partial charge in [0.1, 0.15) is 5.52 Å². The molecule has 1 aromatic carbocycles. The molecular weight excluding hydrogens is 377 g/mol. The maximum Gasteiger partial charge on any atom is 0.490 e. The number of aromatic nitrogens is 2. The van der Waals surface area contributed by atoms with Gasteiger partial charge < -0.3 is 16.2 Å². The zero-order valence-electron chi connectivity index (χ0n) is 15.6. The van der Waals surface area contributed by atoms with E-state index in [2.05, 4.69) is 24.3 Å². The second-order valence-electron chi connectivity index (χ2n) is 7.18. The molecule has 0 aliphatic carbocycles. The molecule has 1 amide bonds. The first-order chi connectivity index (χ1) is 12.9. The zero-order chi connectivity index (χ0) is 21.1. The molecule has 1 aliphatic heterocycles. The number of carbonyl (C=O) groups excluding carboxylic acids is 1. The number of benzene rings is 1. The van der Waals surface area contributed by atoms with Gasteiger partial charge in [0.05, 0.1) is 11.1 Å². The van der Waals surface area contributed by atoms with Crippen LogP contribution in [-0.4, -0.2) is 46.0 Å². The SMILES string of the molecule is CC(C)(C1CCCNC1)n1cc2cccc(C(N)=O)c2n1.O=C(O)C(F)(F)F. The molecular formula is C18H23F3N4O3. The fourth-order valence-electron chi connectivity index (χ4n) is 3.18. The average molecular weight is 400 g/mol. The molecule has 28 heavy (non-hydrogen) atoms. The standard InChI is InChI=1S/C16H22N4O.C2HF3O2/c1-16(2,12-6-4-8-18-9-12)20-10-11-5-3-7-13(15(17)21)14(11)19-20;3-2(4,5)1(6)7/h3,5,7,10,12,18H,4,6,8-9H2,1-2H3,(H2,17,21);(H,6,7). The number of rotatable bonds is 3. The first kappa shape index (κ1) is 21.7. The fourth-order valence-corrected chi connectivity index (χ4v) is 3.18. The van der Waals surface area contributed by atoms with E-state index in [0.717, 1.165) is 18.5 Å². The summed E-state index contributed by atoms with van der Waals surface area (Å²) in [5, 5.41) is 16.2. The van der Waals surface area contributed by atoms with E-state index in [1.54, 1.807) is 6.07 Å². The number of nitrogens with one attached hydrogen (secondary N) is 1. The highest BCUT2D eigenvalue weighted by atomic mass is 19.4. The van der Waals surface area contributed by atoms with Crippen LogP contribution in [0.1, 0.15) is 37.0 Å². The van der Waals surface area contributed by atoms with Crippen molar-refractivity contribution in [2.45, 2.75) is 38.4 Å². The Labute approximate surface area is 159 Å². The maximum atomic E-state index is 11.5. The highest BCUT2D eigenvalue weighted by Gasteiger charge is 2.38. The van der Waals surface area contributed by atoms with Crippen LogP contribution in [-0.2, 0) is 10.3 Å². The van der Waals surface area contributed by atoms with Crippen molar-refractivity contribution in [3.05, 3.63) is 30.0 Å². The molecule has 3 rings (SSSR count). The number of carboxylic acid groups (broad SMARTS) is 1. The molecule has 1 aromatic heterocycles. The minimum atomic E-state index is -5.08. The number of amides is 1. The van der Waals surface area contributed by atoms with Crippen LogP contribution in [0.15, 0.2) is 24.4 Å². The number of piperidine rings is 1. The molecule has 7 nitrogen and oxygen atoms in total. The lowest BCUT2D eigenvalue weighted by atomic mass is 9.82. The van der Waals surface area contributed by atoms with Gasteiger partial charge in [0.25, 0.3) is 5.91 Å². The molecule has 0 radical (unpaired) electrons. The number of alkyl halides is 3. The van der Waals surface area contributed by atoms with Crippen LogP contribution in [0.5, 0.6) is 0 Å². The van der Waals surface area contributed by atoms with E-state index in [0.29, 0.717) is 17.0 Å². The van der Waals surface area contributed by atoms with E-state index in [9.17, 15) is 18.0 Å². The largest absolute Gasteiger partial charge is 0.490 e. The quantitative estimate of drug-likeness (QED) is 0.733. The molecule has 1 fully saturated rings. The number of aliphatic carboxylic acids is 1. The lowest BCUT2D eigenvalue weighted by molar-refractivity contribution is -0.192. The Morgan fingerprint density at radius 2 is 1.96 bits per heavy atom. The van der Waals surface area contributed by atoms with Gasteiger partial charge in [0.15, 0.2) is 0 Å². The topological polar surface area (TPSA) is 110 Å². The second kappa shape index (κ2) is 8.17. The van der Waals surface area contributed by atoms with Crippen LogP contribution in [0.4, 0.5) is 13.2 Å². The first-order valence-electron chi connectivity index (χ1n) is 8.74. The lowest BCUT2D eigenvalue weighted by Crippen LogP contribution is -2.44. The Kier molecular flexibility index (Phi) is 6.33. The van der Waals surface area contributed by atoms with E-state index in [-0.39, 0.29) is 5.54 Å². The van der Waals surface area contributed by atoms with Gasteiger partial charge in [0.2, 0.25) is 0 Å². The van der Waals surface area contributed by atoms with Crippen LogP contribution in [0.25, 0.3) is 10.9 Å². The van der Waals surface area contributed by atoms with Crippen molar-refractivity contribution in [3.8, 4) is 0 Å². The van der Waals surface area contributed by atoms with Crippen molar-refractivity contribution in [1.29, 1.82) is 0 Å². The predicted octanol–water partition coefficient (Wildman–Crippen LogP) is 2.50. The van der Waals surface area contributed by atoms with E-state index >= 15 is 0 Å². The molecule has 10 heteroatoms. The first-order valence-corrected chi connectivity index (χ1v) is 8.74. The number of halogens is 3. The van der Waals surface area contributed by atoms with Gasteiger partial charge in [-0.05, 0) is 45.2 Å². The molecule has 1 atom stereocenters. The Morgan fingerprint density at radius 3 is 2.46 bits per heavy atom. The summed E-state index contributed by atoms with van der Waals surface area (Å²) in [4.78, 5) is 20.4. The number of fused-ring (bicyclic) bond motifs is 1. The molecule has 2 heterocycles. The molecule has 0 spiro atoms. The van der Waals surface area contributed by atoms with Crippen molar-refractivity contribution < 1.29 is 27.9 Å². The number of nitrogens with two attached hydrogens (primary N) is 1. The van der Waals surface area contributed by atoms with Crippen molar-refractivity contribution in [2.75, 3.05) is 13.1 Å².